The van der Waals surface area contributed by atoms with E-state index >= 15 is 0 Å². The molecule has 2 heteroatoms. The van der Waals surface area contributed by atoms with Crippen molar-refractivity contribution in [2.75, 3.05) is 9.80 Å². The number of fused-ring (bicyclic) bond motifs is 1. The standard InChI is InChI=1S/C54H46N2/c1-5-15-39(16-6-1)43-35-45(36-43)41-25-29-49(30-26-41)55(47-19-9-3-10-20-47)53-33-34-54(52-24-14-13-23-51(52)53)56(48-21-11-4-12-22-48)50-31-27-42(28-32-50)46-37-44(38-46)40-17-7-2-8-18-40/h1-34,43-46H,35-38H2. The van der Waals surface area contributed by atoms with E-state index in [9.17, 15) is 0 Å². The van der Waals surface area contributed by atoms with Crippen LogP contribution in [0, 0.1) is 0 Å². The van der Waals surface area contributed by atoms with Crippen LogP contribution in [0.3, 0.4) is 0 Å². The molecule has 2 aliphatic carbocycles. The number of rotatable bonds is 10. The van der Waals surface area contributed by atoms with Gasteiger partial charge >= 0.3 is 0 Å². The summed E-state index contributed by atoms with van der Waals surface area (Å²) in [4.78, 5) is 4.85. The van der Waals surface area contributed by atoms with Gasteiger partial charge in [0, 0.05) is 33.5 Å². The third kappa shape index (κ3) is 6.56. The Kier molecular flexibility index (Phi) is 9.17. The maximum absolute atomic E-state index is 2.42. The molecule has 0 atom stereocenters. The fraction of sp³-hybridized carbons (Fsp3) is 0.148. The third-order valence-corrected chi connectivity index (χ3v) is 12.5. The Hall–Kier alpha value is -6.38. The zero-order valence-electron chi connectivity index (χ0n) is 31.7. The van der Waals surface area contributed by atoms with Crippen LogP contribution in [0.15, 0.2) is 206 Å². The Morgan fingerprint density at radius 1 is 0.250 bits per heavy atom. The van der Waals surface area contributed by atoms with Gasteiger partial charge in [-0.05, 0) is 132 Å². The van der Waals surface area contributed by atoms with Crippen LogP contribution in [0.25, 0.3) is 10.8 Å². The first-order chi connectivity index (χ1) is 27.8. The summed E-state index contributed by atoms with van der Waals surface area (Å²) in [5.41, 5.74) is 12.8. The van der Waals surface area contributed by atoms with Crippen LogP contribution in [0.5, 0.6) is 0 Å². The summed E-state index contributed by atoms with van der Waals surface area (Å²) in [7, 11) is 0. The molecule has 0 spiro atoms. The molecule has 0 amide bonds. The summed E-state index contributed by atoms with van der Waals surface area (Å²) in [5, 5.41) is 2.42. The van der Waals surface area contributed by atoms with E-state index in [0.29, 0.717) is 23.7 Å². The van der Waals surface area contributed by atoms with Crippen molar-refractivity contribution in [3.05, 3.63) is 229 Å². The van der Waals surface area contributed by atoms with Gasteiger partial charge in [-0.25, -0.2) is 0 Å². The molecule has 0 bridgehead atoms. The summed E-state index contributed by atoms with van der Waals surface area (Å²) in [6.07, 6.45) is 4.86. The molecular formula is C54H46N2. The molecule has 10 rings (SSSR count). The van der Waals surface area contributed by atoms with Gasteiger partial charge in [0.25, 0.3) is 0 Å². The lowest BCUT2D eigenvalue weighted by Crippen LogP contribution is -2.20. The number of nitrogens with zero attached hydrogens (tertiary/aromatic N) is 2. The zero-order chi connectivity index (χ0) is 37.3. The largest absolute Gasteiger partial charge is 0.310 e. The summed E-state index contributed by atoms with van der Waals surface area (Å²) < 4.78 is 0. The number of anilines is 6. The molecule has 2 nitrogen and oxygen atoms in total. The SMILES string of the molecule is c1ccc(C2CC(c3ccc(N(c4ccccc4)c4ccc(N(c5ccccc5)c5ccc(C6CC(c7ccccc7)C6)cc5)c5ccccc45)cc3)C2)cc1. The molecule has 0 N–H and O–H groups in total. The lowest BCUT2D eigenvalue weighted by Gasteiger charge is -2.36. The Bertz CT molecular complexity index is 2340. The van der Waals surface area contributed by atoms with E-state index < -0.39 is 0 Å². The minimum absolute atomic E-state index is 0.609. The van der Waals surface area contributed by atoms with Gasteiger partial charge in [0.1, 0.15) is 0 Å². The zero-order valence-corrected chi connectivity index (χ0v) is 31.7. The normalized spacial score (nSPS) is 18.8. The van der Waals surface area contributed by atoms with Gasteiger partial charge in [0.2, 0.25) is 0 Å². The molecular weight excluding hydrogens is 677 g/mol. The molecule has 0 heterocycles. The second kappa shape index (κ2) is 15.0. The Morgan fingerprint density at radius 3 is 0.857 bits per heavy atom. The molecule has 0 aliphatic heterocycles. The molecule has 0 aromatic heterocycles. The first-order valence-electron chi connectivity index (χ1n) is 20.3. The third-order valence-electron chi connectivity index (χ3n) is 12.5. The molecule has 0 unspecified atom stereocenters. The quantitative estimate of drug-likeness (QED) is 0.139. The fourth-order valence-electron chi connectivity index (χ4n) is 9.23. The average molecular weight is 723 g/mol. The fourth-order valence-corrected chi connectivity index (χ4v) is 9.23. The first kappa shape index (κ1) is 34.1. The maximum atomic E-state index is 2.42. The highest BCUT2D eigenvalue weighted by molar-refractivity contribution is 6.07. The van der Waals surface area contributed by atoms with E-state index in [0.717, 1.165) is 34.1 Å². The summed E-state index contributed by atoms with van der Waals surface area (Å²) in [6, 6.07) is 75.9. The van der Waals surface area contributed by atoms with Crippen LogP contribution in [0.4, 0.5) is 34.1 Å². The van der Waals surface area contributed by atoms with Crippen LogP contribution in [0.1, 0.15) is 71.6 Å². The van der Waals surface area contributed by atoms with E-state index in [1.165, 1.54) is 58.7 Å². The van der Waals surface area contributed by atoms with Crippen molar-refractivity contribution in [1.82, 2.24) is 0 Å². The van der Waals surface area contributed by atoms with E-state index in [1.807, 2.05) is 0 Å². The summed E-state index contributed by atoms with van der Waals surface area (Å²) >= 11 is 0. The number of benzene rings is 8. The molecule has 2 fully saturated rings. The van der Waals surface area contributed by atoms with Gasteiger partial charge < -0.3 is 9.80 Å². The van der Waals surface area contributed by atoms with Crippen LogP contribution in [0.2, 0.25) is 0 Å². The van der Waals surface area contributed by atoms with Crippen molar-refractivity contribution in [1.29, 1.82) is 0 Å². The molecule has 0 radical (unpaired) electrons. The predicted molar refractivity (Wildman–Crippen MR) is 236 cm³/mol. The topological polar surface area (TPSA) is 6.48 Å². The van der Waals surface area contributed by atoms with Crippen molar-refractivity contribution < 1.29 is 0 Å². The Balaban J connectivity index is 0.984. The lowest BCUT2D eigenvalue weighted by molar-refractivity contribution is 0.351. The molecule has 2 saturated carbocycles. The highest BCUT2D eigenvalue weighted by Gasteiger charge is 2.32. The van der Waals surface area contributed by atoms with Crippen molar-refractivity contribution in [3.63, 3.8) is 0 Å². The minimum Gasteiger partial charge on any atom is -0.310 e. The average Bonchev–Trinajstić information content (AvgIpc) is 3.23. The second-order valence-electron chi connectivity index (χ2n) is 15.7. The van der Waals surface area contributed by atoms with Crippen LogP contribution >= 0.6 is 0 Å². The minimum atomic E-state index is 0.609. The number of hydrogen-bond acceptors (Lipinski definition) is 2. The lowest BCUT2D eigenvalue weighted by atomic mass is 9.68. The smallest absolute Gasteiger partial charge is 0.0541 e. The Labute approximate surface area is 331 Å². The van der Waals surface area contributed by atoms with Crippen LogP contribution in [-0.2, 0) is 0 Å². The molecule has 272 valence electrons. The van der Waals surface area contributed by atoms with Crippen molar-refractivity contribution in [2.24, 2.45) is 0 Å². The predicted octanol–water partition coefficient (Wildman–Crippen LogP) is 15.1. The monoisotopic (exact) mass is 722 g/mol. The van der Waals surface area contributed by atoms with Crippen molar-refractivity contribution in [3.8, 4) is 0 Å². The summed E-state index contributed by atoms with van der Waals surface area (Å²) in [6.45, 7) is 0. The van der Waals surface area contributed by atoms with Crippen molar-refractivity contribution in [2.45, 2.75) is 49.4 Å². The van der Waals surface area contributed by atoms with Gasteiger partial charge in [0.15, 0.2) is 0 Å². The van der Waals surface area contributed by atoms with E-state index in [-0.39, 0.29) is 0 Å². The molecule has 56 heavy (non-hydrogen) atoms. The molecule has 0 saturated heterocycles. The van der Waals surface area contributed by atoms with E-state index in [1.54, 1.807) is 0 Å². The Morgan fingerprint density at radius 2 is 0.518 bits per heavy atom. The highest BCUT2D eigenvalue weighted by atomic mass is 15.2. The molecule has 8 aromatic rings. The first-order valence-corrected chi connectivity index (χ1v) is 20.3. The summed E-state index contributed by atoms with van der Waals surface area (Å²) in [5.74, 6) is 2.54. The van der Waals surface area contributed by atoms with Crippen LogP contribution < -0.4 is 9.80 Å². The van der Waals surface area contributed by atoms with Gasteiger partial charge in [-0.3, -0.25) is 0 Å². The molecule has 2 aliphatic rings. The second-order valence-corrected chi connectivity index (χ2v) is 15.7. The van der Waals surface area contributed by atoms with E-state index in [4.69, 9.17) is 0 Å². The number of para-hydroxylation sites is 2. The maximum Gasteiger partial charge on any atom is 0.0541 e. The van der Waals surface area contributed by atoms with Gasteiger partial charge in [-0.2, -0.15) is 0 Å². The van der Waals surface area contributed by atoms with Gasteiger partial charge in [-0.15, -0.1) is 0 Å². The van der Waals surface area contributed by atoms with Crippen LogP contribution in [-0.4, -0.2) is 0 Å². The van der Waals surface area contributed by atoms with Gasteiger partial charge in [-0.1, -0.05) is 146 Å². The van der Waals surface area contributed by atoms with Crippen molar-refractivity contribution >= 4 is 44.9 Å². The highest BCUT2D eigenvalue weighted by Crippen LogP contribution is 2.50. The van der Waals surface area contributed by atoms with E-state index in [2.05, 4.69) is 216 Å². The van der Waals surface area contributed by atoms with Gasteiger partial charge in [0.05, 0.1) is 11.4 Å². The molecule has 8 aromatic carbocycles. The number of hydrogen-bond donors (Lipinski definition) is 0.